The fraction of sp³-hybridized carbons (Fsp3) is 0.714. The predicted octanol–water partition coefficient (Wildman–Crippen LogP) is 6.54. The molecule has 0 heterocycles. The van der Waals surface area contributed by atoms with Crippen LogP contribution in [-0.2, 0) is 0 Å². The van der Waals surface area contributed by atoms with Crippen LogP contribution in [0.15, 0.2) is 12.1 Å². The highest BCUT2D eigenvalue weighted by Gasteiger charge is 2.31. The van der Waals surface area contributed by atoms with E-state index in [1.165, 1.54) is 51.4 Å². The molecule has 1 heteroatoms. The average molecular weight is 302 g/mol. The van der Waals surface area contributed by atoms with Crippen molar-refractivity contribution in [3.05, 3.63) is 34.6 Å². The van der Waals surface area contributed by atoms with E-state index in [4.69, 9.17) is 0 Å². The third kappa shape index (κ3) is 3.24. The van der Waals surface area contributed by atoms with E-state index < -0.39 is 0 Å². The monoisotopic (exact) mass is 302 g/mol. The lowest BCUT2D eigenvalue weighted by Crippen LogP contribution is -2.25. The largest absolute Gasteiger partial charge is 0.206 e. The Morgan fingerprint density at radius 3 is 1.95 bits per heavy atom. The molecule has 0 spiro atoms. The van der Waals surface area contributed by atoms with Crippen molar-refractivity contribution >= 4 is 0 Å². The zero-order valence-corrected chi connectivity index (χ0v) is 14.5. The van der Waals surface area contributed by atoms with Gasteiger partial charge in [0.2, 0.25) is 0 Å². The van der Waals surface area contributed by atoms with Crippen LogP contribution >= 0.6 is 0 Å². The molecule has 22 heavy (non-hydrogen) atoms. The molecule has 0 aromatic heterocycles. The van der Waals surface area contributed by atoms with Crippen LogP contribution in [0.25, 0.3) is 0 Å². The SMILES string of the molecule is Cc1ccc(C2CCC(C3CCC(C)CC3)CC2)c(F)c1C. The van der Waals surface area contributed by atoms with Gasteiger partial charge < -0.3 is 0 Å². The second-order valence-corrected chi connectivity index (χ2v) is 8.04. The summed E-state index contributed by atoms with van der Waals surface area (Å²) in [6.45, 7) is 6.32. The first kappa shape index (κ1) is 16.0. The third-order valence-electron chi connectivity index (χ3n) is 6.63. The first-order chi connectivity index (χ1) is 10.6. The van der Waals surface area contributed by atoms with Crippen molar-refractivity contribution in [1.29, 1.82) is 0 Å². The van der Waals surface area contributed by atoms with E-state index in [-0.39, 0.29) is 5.82 Å². The van der Waals surface area contributed by atoms with Crippen LogP contribution in [0.3, 0.4) is 0 Å². The number of hydrogen-bond acceptors (Lipinski definition) is 0. The van der Waals surface area contributed by atoms with Gasteiger partial charge in [0.05, 0.1) is 0 Å². The van der Waals surface area contributed by atoms with Gasteiger partial charge in [-0.3, -0.25) is 0 Å². The molecule has 2 fully saturated rings. The molecule has 2 aliphatic rings. The van der Waals surface area contributed by atoms with Crippen LogP contribution in [0.4, 0.5) is 4.39 Å². The molecular formula is C21H31F. The Bertz CT molecular complexity index is 503. The van der Waals surface area contributed by atoms with E-state index in [0.29, 0.717) is 5.92 Å². The molecule has 0 aliphatic heterocycles. The van der Waals surface area contributed by atoms with Crippen LogP contribution in [0.2, 0.25) is 0 Å². The fourth-order valence-corrected chi connectivity index (χ4v) is 4.78. The minimum Gasteiger partial charge on any atom is -0.206 e. The number of aryl methyl sites for hydroxylation is 1. The summed E-state index contributed by atoms with van der Waals surface area (Å²) in [7, 11) is 0. The van der Waals surface area contributed by atoms with E-state index in [9.17, 15) is 4.39 Å². The Labute approximate surface area is 135 Å². The minimum atomic E-state index is 0.0648. The van der Waals surface area contributed by atoms with E-state index >= 15 is 0 Å². The smallest absolute Gasteiger partial charge is 0.129 e. The highest BCUT2D eigenvalue weighted by atomic mass is 19.1. The van der Waals surface area contributed by atoms with Gasteiger partial charge in [-0.15, -0.1) is 0 Å². The molecule has 0 unspecified atom stereocenters. The van der Waals surface area contributed by atoms with Crippen LogP contribution in [-0.4, -0.2) is 0 Å². The standard InChI is InChI=1S/C21H31F/c1-14-4-7-17(8-5-14)18-9-11-19(12-10-18)20-13-6-15(2)16(3)21(20)22/h6,13-14,17-19H,4-5,7-12H2,1-3H3. The normalized spacial score (nSPS) is 32.9. The molecule has 2 aliphatic carbocycles. The van der Waals surface area contributed by atoms with Gasteiger partial charge in [0, 0.05) is 0 Å². The maximum atomic E-state index is 14.5. The molecule has 3 rings (SSSR count). The fourth-order valence-electron chi connectivity index (χ4n) is 4.78. The van der Waals surface area contributed by atoms with E-state index in [0.717, 1.165) is 34.4 Å². The van der Waals surface area contributed by atoms with Crippen LogP contribution in [0.1, 0.15) is 80.9 Å². The summed E-state index contributed by atoms with van der Waals surface area (Å²) in [5.41, 5.74) is 2.91. The first-order valence-electron chi connectivity index (χ1n) is 9.32. The summed E-state index contributed by atoms with van der Waals surface area (Å²) in [5, 5.41) is 0. The summed E-state index contributed by atoms with van der Waals surface area (Å²) in [4.78, 5) is 0. The quantitative estimate of drug-likeness (QED) is 0.581. The molecule has 1 aromatic carbocycles. The Balaban J connectivity index is 1.61. The number of rotatable bonds is 2. The second-order valence-electron chi connectivity index (χ2n) is 8.04. The molecule has 0 amide bonds. The molecule has 0 bridgehead atoms. The van der Waals surface area contributed by atoms with Gasteiger partial charge in [-0.25, -0.2) is 4.39 Å². The number of halogens is 1. The first-order valence-corrected chi connectivity index (χ1v) is 9.32. The van der Waals surface area contributed by atoms with Crippen molar-refractivity contribution < 1.29 is 4.39 Å². The molecule has 0 nitrogen and oxygen atoms in total. The van der Waals surface area contributed by atoms with Crippen molar-refractivity contribution in [2.24, 2.45) is 17.8 Å². The Hall–Kier alpha value is -0.850. The zero-order chi connectivity index (χ0) is 15.7. The van der Waals surface area contributed by atoms with Gasteiger partial charge >= 0.3 is 0 Å². The van der Waals surface area contributed by atoms with Gasteiger partial charge in [-0.05, 0) is 92.7 Å². The lowest BCUT2D eigenvalue weighted by molar-refractivity contribution is 0.164. The van der Waals surface area contributed by atoms with E-state index in [1.54, 1.807) is 0 Å². The Morgan fingerprint density at radius 1 is 0.818 bits per heavy atom. The highest BCUT2D eigenvalue weighted by molar-refractivity contribution is 5.34. The summed E-state index contributed by atoms with van der Waals surface area (Å²) in [6, 6.07) is 4.15. The molecule has 0 radical (unpaired) electrons. The van der Waals surface area contributed by atoms with Gasteiger partial charge in [-0.2, -0.15) is 0 Å². The molecule has 122 valence electrons. The van der Waals surface area contributed by atoms with Gasteiger partial charge in [0.25, 0.3) is 0 Å². The maximum absolute atomic E-state index is 14.5. The third-order valence-corrected chi connectivity index (χ3v) is 6.63. The van der Waals surface area contributed by atoms with Gasteiger partial charge in [0.15, 0.2) is 0 Å². The lowest BCUT2D eigenvalue weighted by atomic mass is 9.68. The number of hydrogen-bond donors (Lipinski definition) is 0. The van der Waals surface area contributed by atoms with Gasteiger partial charge in [0.1, 0.15) is 5.82 Å². The topological polar surface area (TPSA) is 0 Å². The van der Waals surface area contributed by atoms with Crippen LogP contribution < -0.4 is 0 Å². The van der Waals surface area contributed by atoms with Crippen LogP contribution in [0.5, 0.6) is 0 Å². The predicted molar refractivity (Wildman–Crippen MR) is 91.7 cm³/mol. The van der Waals surface area contributed by atoms with Crippen molar-refractivity contribution in [2.75, 3.05) is 0 Å². The molecule has 0 atom stereocenters. The molecule has 1 aromatic rings. The molecule has 2 saturated carbocycles. The van der Waals surface area contributed by atoms with E-state index in [2.05, 4.69) is 13.0 Å². The van der Waals surface area contributed by atoms with Crippen molar-refractivity contribution in [3.8, 4) is 0 Å². The van der Waals surface area contributed by atoms with Crippen molar-refractivity contribution in [3.63, 3.8) is 0 Å². The van der Waals surface area contributed by atoms with Gasteiger partial charge in [-0.1, -0.05) is 31.9 Å². The summed E-state index contributed by atoms with van der Waals surface area (Å²) in [6.07, 6.45) is 10.7. The summed E-state index contributed by atoms with van der Waals surface area (Å²) >= 11 is 0. The second kappa shape index (κ2) is 6.72. The summed E-state index contributed by atoms with van der Waals surface area (Å²) in [5.74, 6) is 3.34. The highest BCUT2D eigenvalue weighted by Crippen LogP contribution is 2.44. The molecular weight excluding hydrogens is 271 g/mol. The van der Waals surface area contributed by atoms with E-state index in [1.807, 2.05) is 19.9 Å². The maximum Gasteiger partial charge on any atom is 0.129 e. The zero-order valence-electron chi connectivity index (χ0n) is 14.5. The lowest BCUT2D eigenvalue weighted by Gasteiger charge is -2.37. The average Bonchev–Trinajstić information content (AvgIpc) is 2.54. The Morgan fingerprint density at radius 2 is 1.36 bits per heavy atom. The van der Waals surface area contributed by atoms with Crippen molar-refractivity contribution in [2.45, 2.75) is 78.1 Å². The minimum absolute atomic E-state index is 0.0648. The molecule has 0 N–H and O–H groups in total. The van der Waals surface area contributed by atoms with Crippen LogP contribution in [0, 0.1) is 37.4 Å². The summed E-state index contributed by atoms with van der Waals surface area (Å²) < 4.78 is 14.5. The Kier molecular flexibility index (Phi) is 4.90. The number of benzene rings is 1. The molecule has 0 saturated heterocycles. The van der Waals surface area contributed by atoms with Crippen molar-refractivity contribution in [1.82, 2.24) is 0 Å².